The van der Waals surface area contributed by atoms with Crippen LogP contribution in [0.5, 0.6) is 0 Å². The Morgan fingerprint density at radius 3 is 2.01 bits per heavy atom. The number of ether oxygens (including phenoxy) is 5. The minimum absolute atomic E-state index is 0.0826. The van der Waals surface area contributed by atoms with Crippen molar-refractivity contribution in [3.8, 4) is 0 Å². The lowest BCUT2D eigenvalue weighted by Gasteiger charge is -2.47. The number of Topliss-reactive ketones (excluding diaryl/α,β-unsaturated/α-hetero) is 2. The number of imidazole rings is 1. The fraction of sp³-hybridized carbons (Fsp3) is 0.674. The Hall–Kier alpha value is -5.98. The van der Waals surface area contributed by atoms with Crippen molar-refractivity contribution in [1.29, 1.82) is 0 Å². The zero-order valence-corrected chi connectivity index (χ0v) is 41.4. The number of aromatic amines is 1. The third kappa shape index (κ3) is 15.6. The first-order valence-electron chi connectivity index (χ1n) is 23.3. The summed E-state index contributed by atoms with van der Waals surface area (Å²) in [7, 11) is 0. The Balaban J connectivity index is 1.85. The van der Waals surface area contributed by atoms with E-state index in [-0.39, 0.29) is 29.4 Å². The highest BCUT2D eigenvalue weighted by molar-refractivity contribution is 5.98. The van der Waals surface area contributed by atoms with E-state index in [9.17, 15) is 74.4 Å². The quantitative estimate of drug-likeness (QED) is 0.0395. The zero-order valence-electron chi connectivity index (χ0n) is 41.4. The number of nitrogen functional groups attached to an aromatic ring is 1. The molecule has 0 aromatic carbocycles. The van der Waals surface area contributed by atoms with Crippen LogP contribution in [0.1, 0.15) is 80.3 Å². The van der Waals surface area contributed by atoms with Crippen LogP contribution in [-0.2, 0) is 47.7 Å². The maximum Gasteiger partial charge on any atom is 0.404 e. The molecule has 75 heavy (non-hydrogen) atoms. The van der Waals surface area contributed by atoms with Gasteiger partial charge in [-0.25, -0.2) is 19.7 Å². The second kappa shape index (κ2) is 27.2. The molecule has 0 spiro atoms. The monoisotopic (exact) mass is 1070 g/mol. The lowest BCUT2D eigenvalue weighted by molar-refractivity contribution is -0.372. The summed E-state index contributed by atoms with van der Waals surface area (Å²) in [6.07, 6.45) is -25.0. The normalized spacial score (nSPS) is 27.5. The molecule has 2 aliphatic rings. The summed E-state index contributed by atoms with van der Waals surface area (Å²) in [5, 5.41) is 93.9. The number of aliphatic hydroxyl groups excluding tert-OH is 8. The van der Waals surface area contributed by atoms with E-state index in [1.807, 2.05) is 0 Å². The number of primary amides is 3. The number of carbonyl (C=O) groups excluding carboxylic acids is 7. The molecule has 2 fully saturated rings. The molecule has 4 heterocycles. The van der Waals surface area contributed by atoms with Gasteiger partial charge in [0.1, 0.15) is 78.3 Å². The summed E-state index contributed by atoms with van der Waals surface area (Å²) in [4.78, 5) is 106. The van der Waals surface area contributed by atoms with Gasteiger partial charge in [-0.1, -0.05) is 13.8 Å². The minimum Gasteiger partial charge on any atom is -0.441 e. The minimum atomic E-state index is -2.15. The predicted octanol–water partition coefficient (Wildman–Crippen LogP) is -7.96. The van der Waals surface area contributed by atoms with Crippen molar-refractivity contribution in [3.05, 3.63) is 35.3 Å². The van der Waals surface area contributed by atoms with E-state index < -0.39 is 189 Å². The fourth-order valence-corrected chi connectivity index (χ4v) is 8.15. The van der Waals surface area contributed by atoms with Gasteiger partial charge in [0.15, 0.2) is 30.3 Å². The van der Waals surface area contributed by atoms with Crippen molar-refractivity contribution >= 4 is 47.1 Å². The number of H-pyrrole nitrogens is 1. The standard InChI is InChI=1S/C43H68N12O20/c1-13(28(62)15(3)39(68)53-26(16(4)58)17(5)59)6-21(60)27(54-40(69)25-14(2)36(46)55-38(52-25)19(7-24(45)61)50-8-18(44)37(47)67)33(20-9-49-12-51-20)73-42-35(31(65)29(63)22(10-56)72-42)74-41-32(66)34(75-43(48)70)30(64)23(11-57)71-41/h9,12-13,15-16,18-19,22-23,26-35,41-42,50,56-58,62-66H,6-8,10-11,44H2,1-5H3,(H2,45,61)(H2,47,67)(H2,48,70)(H,49,51)(H,53,68)(H,54,69)(H2,46,52,55). The summed E-state index contributed by atoms with van der Waals surface area (Å²) in [5.74, 6) is -8.60. The number of rotatable bonds is 27. The third-order valence-corrected chi connectivity index (χ3v) is 12.6. The SMILES string of the molecule is CC(=O)C(NC(=O)C(C)C(O)C(C)CC(=O)C(NC(=O)c1nc(C(CC(N)=O)NCC(N)C(N)=O)nc(N)c1C)C(OC1OC(CO)C(O)C(O)C1OC1OC(CO)C(O)C(OC(N)=O)C1O)c1cnc[nH]1)C(C)O. The molecule has 4 rings (SSSR count). The number of amides is 5. The van der Waals surface area contributed by atoms with Crippen LogP contribution >= 0.6 is 0 Å². The predicted molar refractivity (Wildman–Crippen MR) is 250 cm³/mol. The average molecular weight is 1070 g/mol. The second-order valence-corrected chi connectivity index (χ2v) is 18.3. The molecule has 420 valence electrons. The number of anilines is 1. The molecule has 2 aromatic heterocycles. The average Bonchev–Trinajstić information content (AvgIpc) is 3.89. The van der Waals surface area contributed by atoms with Gasteiger partial charge in [-0.2, -0.15) is 0 Å². The molecule has 2 aliphatic heterocycles. The van der Waals surface area contributed by atoms with E-state index in [1.165, 1.54) is 27.7 Å². The van der Waals surface area contributed by atoms with E-state index >= 15 is 0 Å². The van der Waals surface area contributed by atoms with E-state index in [4.69, 9.17) is 52.4 Å². The van der Waals surface area contributed by atoms with Crippen LogP contribution in [0.4, 0.5) is 10.6 Å². The Labute approximate surface area is 427 Å². The first kappa shape index (κ1) is 61.6. The molecule has 19 unspecified atom stereocenters. The molecule has 32 heteroatoms. The maximum absolute atomic E-state index is 15.0. The number of nitrogens with one attached hydrogen (secondary N) is 4. The highest BCUT2D eigenvalue weighted by atomic mass is 16.8. The van der Waals surface area contributed by atoms with Crippen molar-refractivity contribution in [2.45, 2.75) is 151 Å². The Morgan fingerprint density at radius 2 is 1.47 bits per heavy atom. The lowest BCUT2D eigenvalue weighted by atomic mass is 9.86. The molecule has 32 nitrogen and oxygen atoms in total. The van der Waals surface area contributed by atoms with Crippen molar-refractivity contribution in [2.75, 3.05) is 25.5 Å². The summed E-state index contributed by atoms with van der Waals surface area (Å²) < 4.78 is 28.5. The molecule has 2 aromatic rings. The van der Waals surface area contributed by atoms with E-state index in [0.717, 1.165) is 19.4 Å². The smallest absolute Gasteiger partial charge is 0.404 e. The number of nitrogens with zero attached hydrogens (tertiary/aromatic N) is 3. The molecule has 0 aliphatic carbocycles. The summed E-state index contributed by atoms with van der Waals surface area (Å²) >= 11 is 0. The first-order valence-corrected chi connectivity index (χ1v) is 23.3. The Bertz CT molecular complexity index is 2300. The second-order valence-electron chi connectivity index (χ2n) is 18.3. The van der Waals surface area contributed by atoms with Crippen LogP contribution in [0, 0.1) is 18.8 Å². The largest absolute Gasteiger partial charge is 0.441 e. The zero-order chi connectivity index (χ0) is 56.3. The lowest BCUT2D eigenvalue weighted by Crippen LogP contribution is -2.65. The van der Waals surface area contributed by atoms with Gasteiger partial charge in [-0.15, -0.1) is 0 Å². The molecule has 0 radical (unpaired) electrons. The Kier molecular flexibility index (Phi) is 22.3. The molecular formula is C43H68N12O20. The van der Waals surface area contributed by atoms with Crippen LogP contribution in [0.15, 0.2) is 12.5 Å². The van der Waals surface area contributed by atoms with Crippen LogP contribution < -0.4 is 44.6 Å². The van der Waals surface area contributed by atoms with Crippen LogP contribution in [0.25, 0.3) is 0 Å². The van der Waals surface area contributed by atoms with Gasteiger partial charge in [0.05, 0.1) is 61.6 Å². The van der Waals surface area contributed by atoms with Gasteiger partial charge in [0.25, 0.3) is 5.91 Å². The summed E-state index contributed by atoms with van der Waals surface area (Å²) in [6.45, 7) is 4.09. The van der Waals surface area contributed by atoms with Crippen LogP contribution in [0.3, 0.4) is 0 Å². The molecule has 19 atom stereocenters. The van der Waals surface area contributed by atoms with Crippen molar-refractivity contribution in [1.82, 2.24) is 35.9 Å². The highest BCUT2D eigenvalue weighted by Crippen LogP contribution is 2.35. The Morgan fingerprint density at radius 1 is 0.840 bits per heavy atom. The van der Waals surface area contributed by atoms with E-state index in [0.29, 0.717) is 0 Å². The molecule has 0 saturated carbocycles. The van der Waals surface area contributed by atoms with Crippen molar-refractivity contribution in [2.24, 2.45) is 34.8 Å². The molecule has 5 amide bonds. The van der Waals surface area contributed by atoms with Crippen LogP contribution in [0.2, 0.25) is 0 Å². The van der Waals surface area contributed by atoms with Crippen LogP contribution in [-0.4, -0.2) is 214 Å². The molecule has 2 saturated heterocycles. The summed E-state index contributed by atoms with van der Waals surface area (Å²) in [5.41, 5.74) is 27.2. The van der Waals surface area contributed by atoms with Gasteiger partial charge in [-0.3, -0.25) is 28.8 Å². The van der Waals surface area contributed by atoms with E-state index in [1.54, 1.807) is 0 Å². The fourth-order valence-electron chi connectivity index (χ4n) is 8.15. The van der Waals surface area contributed by atoms with Gasteiger partial charge in [-0.05, 0) is 26.7 Å². The van der Waals surface area contributed by atoms with Crippen molar-refractivity contribution in [3.63, 3.8) is 0 Å². The van der Waals surface area contributed by atoms with E-state index in [2.05, 4.69) is 35.9 Å². The third-order valence-electron chi connectivity index (χ3n) is 12.6. The van der Waals surface area contributed by atoms with Gasteiger partial charge in [0.2, 0.25) is 17.7 Å². The van der Waals surface area contributed by atoms with Gasteiger partial charge in [0, 0.05) is 24.9 Å². The van der Waals surface area contributed by atoms with Gasteiger partial charge < -0.3 is 114 Å². The number of ketones is 2. The maximum atomic E-state index is 15.0. The number of carbonyl (C=O) groups is 7. The summed E-state index contributed by atoms with van der Waals surface area (Å²) in [6, 6.07) is -5.87. The number of aromatic nitrogens is 4. The topological polar surface area (TPSA) is 548 Å². The molecule has 0 bridgehead atoms. The number of hydrogen-bond acceptors (Lipinski definition) is 26. The molecular weight excluding hydrogens is 1000 g/mol. The first-order chi connectivity index (χ1) is 35.1. The molecule has 22 N–H and O–H groups in total. The number of nitrogens with two attached hydrogens (primary N) is 5. The van der Waals surface area contributed by atoms with Crippen molar-refractivity contribution < 1.29 is 98.1 Å². The number of hydrogen-bond donors (Lipinski definition) is 17. The number of aliphatic hydroxyl groups is 8. The van der Waals surface area contributed by atoms with Gasteiger partial charge >= 0.3 is 6.09 Å². The highest BCUT2D eigenvalue weighted by Gasteiger charge is 2.53.